The van der Waals surface area contributed by atoms with Gasteiger partial charge in [0.15, 0.2) is 0 Å². The van der Waals surface area contributed by atoms with Gasteiger partial charge in [-0.2, -0.15) is 5.10 Å². The Hall–Kier alpha value is -2.58. The molecule has 4 aromatic rings. The fourth-order valence-electron chi connectivity index (χ4n) is 4.55. The van der Waals surface area contributed by atoms with Gasteiger partial charge in [0.1, 0.15) is 10.9 Å². The zero-order valence-electron chi connectivity index (χ0n) is 18.3. The fraction of sp³-hybridized carbons (Fsp3) is 0.391. The Labute approximate surface area is 195 Å². The van der Waals surface area contributed by atoms with Gasteiger partial charge in [0, 0.05) is 35.6 Å². The first-order chi connectivity index (χ1) is 15.5. The van der Waals surface area contributed by atoms with Gasteiger partial charge in [-0.15, -0.1) is 11.8 Å². The molecule has 1 fully saturated rings. The number of likely N-dealkylation sites (tertiary alicyclic amines) is 1. The van der Waals surface area contributed by atoms with Crippen LogP contribution in [0, 0.1) is 5.92 Å². The van der Waals surface area contributed by atoms with Crippen LogP contribution < -0.4 is 0 Å². The molecule has 0 saturated carbocycles. The highest BCUT2D eigenvalue weighted by atomic mass is 35.5. The molecule has 1 atom stereocenters. The highest BCUT2D eigenvalue weighted by Gasteiger charge is 2.31. The molecule has 0 N–H and O–H groups in total. The molecule has 3 aromatic heterocycles. The standard InChI is InChI=1S/C23H25ClN6OS/c1-14(2)23(31)28-9-7-16(12-28)30-19-5-4-15(24)10-18(19)26-21(30)13-29-20-11-25-8-6-17(20)22(27-29)32-3/h4-6,8,10-11,14,16H,7,9,12-13H2,1-3H3. The van der Waals surface area contributed by atoms with Crippen LogP contribution in [0.3, 0.4) is 0 Å². The number of hydrogen-bond donors (Lipinski definition) is 0. The third-order valence-corrected chi connectivity index (χ3v) is 6.99. The second-order valence-electron chi connectivity index (χ2n) is 8.47. The number of rotatable bonds is 5. The minimum atomic E-state index is -0.000498. The van der Waals surface area contributed by atoms with E-state index < -0.39 is 0 Å². The summed E-state index contributed by atoms with van der Waals surface area (Å²) in [5, 5.41) is 7.55. The van der Waals surface area contributed by atoms with E-state index in [4.69, 9.17) is 21.7 Å². The molecule has 1 amide bonds. The van der Waals surface area contributed by atoms with Crippen molar-refractivity contribution >= 4 is 51.2 Å². The highest BCUT2D eigenvalue weighted by molar-refractivity contribution is 7.98. The molecule has 1 unspecified atom stereocenters. The number of thioether (sulfide) groups is 1. The summed E-state index contributed by atoms with van der Waals surface area (Å²) in [6, 6.07) is 7.99. The molecule has 0 radical (unpaired) electrons. The van der Waals surface area contributed by atoms with E-state index in [2.05, 4.69) is 9.55 Å². The van der Waals surface area contributed by atoms with E-state index in [0.29, 0.717) is 18.1 Å². The molecule has 0 bridgehead atoms. The van der Waals surface area contributed by atoms with Gasteiger partial charge in [-0.1, -0.05) is 25.4 Å². The van der Waals surface area contributed by atoms with Crippen molar-refractivity contribution in [3.05, 3.63) is 47.5 Å². The second kappa shape index (κ2) is 8.41. The molecule has 1 saturated heterocycles. The van der Waals surface area contributed by atoms with Gasteiger partial charge in [-0.25, -0.2) is 4.98 Å². The van der Waals surface area contributed by atoms with Crippen LogP contribution in [0.4, 0.5) is 0 Å². The number of hydrogen-bond acceptors (Lipinski definition) is 5. The van der Waals surface area contributed by atoms with Gasteiger partial charge in [0.2, 0.25) is 5.91 Å². The number of benzene rings is 1. The molecule has 166 valence electrons. The van der Waals surface area contributed by atoms with Crippen LogP contribution in [0.2, 0.25) is 5.02 Å². The van der Waals surface area contributed by atoms with Gasteiger partial charge >= 0.3 is 0 Å². The Bertz CT molecular complexity index is 1310. The first-order valence-corrected chi connectivity index (χ1v) is 12.4. The van der Waals surface area contributed by atoms with E-state index in [1.165, 1.54) is 0 Å². The van der Waals surface area contributed by atoms with Crippen LogP contribution in [-0.4, -0.2) is 54.5 Å². The summed E-state index contributed by atoms with van der Waals surface area (Å²) in [6.07, 6.45) is 6.58. The Kier molecular flexibility index (Phi) is 5.59. The van der Waals surface area contributed by atoms with E-state index in [-0.39, 0.29) is 17.9 Å². The number of amides is 1. The van der Waals surface area contributed by atoms with Crippen LogP contribution in [0.25, 0.3) is 21.9 Å². The lowest BCUT2D eigenvalue weighted by molar-refractivity contribution is -0.133. The normalized spacial score (nSPS) is 16.7. The fourth-order valence-corrected chi connectivity index (χ4v) is 5.29. The maximum Gasteiger partial charge on any atom is 0.225 e. The molecule has 9 heteroatoms. The molecule has 5 rings (SSSR count). The van der Waals surface area contributed by atoms with Gasteiger partial charge < -0.3 is 9.47 Å². The van der Waals surface area contributed by atoms with E-state index in [9.17, 15) is 4.79 Å². The number of imidazole rings is 1. The molecule has 4 heterocycles. The average Bonchev–Trinajstić information content (AvgIpc) is 3.48. The minimum absolute atomic E-state index is 0.000498. The van der Waals surface area contributed by atoms with Crippen molar-refractivity contribution < 1.29 is 4.79 Å². The molecular formula is C23H25ClN6OS. The smallest absolute Gasteiger partial charge is 0.225 e. The predicted octanol–water partition coefficient (Wildman–Crippen LogP) is 4.63. The molecule has 0 spiro atoms. The summed E-state index contributed by atoms with van der Waals surface area (Å²) < 4.78 is 4.25. The van der Waals surface area contributed by atoms with Crippen molar-refractivity contribution in [2.24, 2.45) is 5.92 Å². The number of nitrogens with zero attached hydrogens (tertiary/aromatic N) is 6. The number of fused-ring (bicyclic) bond motifs is 2. The van der Waals surface area contributed by atoms with Crippen LogP contribution >= 0.6 is 23.4 Å². The number of aromatic nitrogens is 5. The zero-order chi connectivity index (χ0) is 22.4. The van der Waals surface area contributed by atoms with Crippen molar-refractivity contribution in [3.8, 4) is 0 Å². The minimum Gasteiger partial charge on any atom is -0.340 e. The molecule has 32 heavy (non-hydrogen) atoms. The van der Waals surface area contributed by atoms with Gasteiger partial charge in [0.25, 0.3) is 0 Å². The first kappa shape index (κ1) is 21.3. The summed E-state index contributed by atoms with van der Waals surface area (Å²) in [7, 11) is 0. The number of halogens is 1. The number of carbonyl (C=O) groups is 1. The van der Waals surface area contributed by atoms with Crippen molar-refractivity contribution in [3.63, 3.8) is 0 Å². The Morgan fingerprint density at radius 3 is 2.91 bits per heavy atom. The third-order valence-electron chi connectivity index (χ3n) is 6.06. The highest BCUT2D eigenvalue weighted by Crippen LogP contribution is 2.32. The summed E-state index contributed by atoms with van der Waals surface area (Å²) in [5.74, 6) is 1.11. The van der Waals surface area contributed by atoms with E-state index in [0.717, 1.165) is 45.8 Å². The molecule has 1 aliphatic heterocycles. The molecule has 1 aromatic carbocycles. The topological polar surface area (TPSA) is 68.8 Å². The Morgan fingerprint density at radius 1 is 1.28 bits per heavy atom. The van der Waals surface area contributed by atoms with Crippen molar-refractivity contribution in [2.45, 2.75) is 37.9 Å². The van der Waals surface area contributed by atoms with Crippen LogP contribution in [0.1, 0.15) is 32.1 Å². The maximum absolute atomic E-state index is 12.6. The molecule has 1 aliphatic rings. The quantitative estimate of drug-likeness (QED) is 0.399. The Balaban J connectivity index is 1.58. The largest absolute Gasteiger partial charge is 0.340 e. The zero-order valence-corrected chi connectivity index (χ0v) is 19.9. The number of carbonyl (C=O) groups excluding carboxylic acids is 1. The second-order valence-corrected chi connectivity index (χ2v) is 9.70. The molecular weight excluding hydrogens is 444 g/mol. The summed E-state index contributed by atoms with van der Waals surface area (Å²) in [4.78, 5) is 23.8. The lowest BCUT2D eigenvalue weighted by atomic mass is 10.2. The van der Waals surface area contributed by atoms with Crippen LogP contribution in [0.5, 0.6) is 0 Å². The summed E-state index contributed by atoms with van der Waals surface area (Å²) >= 11 is 7.89. The van der Waals surface area contributed by atoms with Crippen LogP contribution in [-0.2, 0) is 11.3 Å². The summed E-state index contributed by atoms with van der Waals surface area (Å²) in [6.45, 7) is 5.88. The van der Waals surface area contributed by atoms with Crippen molar-refractivity contribution in [1.82, 2.24) is 29.2 Å². The van der Waals surface area contributed by atoms with E-state index in [1.807, 2.05) is 60.1 Å². The van der Waals surface area contributed by atoms with E-state index in [1.54, 1.807) is 18.0 Å². The average molecular weight is 469 g/mol. The van der Waals surface area contributed by atoms with Crippen molar-refractivity contribution in [2.75, 3.05) is 19.3 Å². The van der Waals surface area contributed by atoms with E-state index >= 15 is 0 Å². The third kappa shape index (κ3) is 3.65. The first-order valence-electron chi connectivity index (χ1n) is 10.8. The molecule has 7 nitrogen and oxygen atoms in total. The SMILES string of the molecule is CSc1nn(Cc2nc3cc(Cl)ccc3n2C2CCN(C(=O)C(C)C)C2)c2cnccc12. The van der Waals surface area contributed by atoms with Crippen molar-refractivity contribution in [1.29, 1.82) is 0 Å². The molecule has 0 aliphatic carbocycles. The number of pyridine rings is 1. The lowest BCUT2D eigenvalue weighted by Crippen LogP contribution is -2.32. The van der Waals surface area contributed by atoms with Crippen LogP contribution in [0.15, 0.2) is 41.7 Å². The van der Waals surface area contributed by atoms with Gasteiger partial charge in [-0.05, 0) is 36.9 Å². The summed E-state index contributed by atoms with van der Waals surface area (Å²) in [5.41, 5.74) is 2.88. The Morgan fingerprint density at radius 2 is 2.12 bits per heavy atom. The predicted molar refractivity (Wildman–Crippen MR) is 128 cm³/mol. The van der Waals surface area contributed by atoms with Gasteiger partial charge in [0.05, 0.1) is 35.3 Å². The maximum atomic E-state index is 12.6. The van der Waals surface area contributed by atoms with Gasteiger partial charge in [-0.3, -0.25) is 14.5 Å². The monoisotopic (exact) mass is 468 g/mol. The lowest BCUT2D eigenvalue weighted by Gasteiger charge is -2.20.